The fourth-order valence-corrected chi connectivity index (χ4v) is 1.42. The maximum Gasteiger partial charge on any atom is 0.373 e. The lowest BCUT2D eigenvalue weighted by atomic mass is 10.9. The van der Waals surface area contributed by atoms with Crippen LogP contribution in [0.15, 0.2) is 0 Å². The molecule has 0 spiro atoms. The summed E-state index contributed by atoms with van der Waals surface area (Å²) in [7, 11) is -2.08. The van der Waals surface area contributed by atoms with Gasteiger partial charge in [0.2, 0.25) is 3.79 Å². The molecule has 0 heterocycles. The summed E-state index contributed by atoms with van der Waals surface area (Å²) in [5.41, 5.74) is 0. The Labute approximate surface area is 79.2 Å². The summed E-state index contributed by atoms with van der Waals surface area (Å²) < 4.78 is 3.27. The van der Waals surface area contributed by atoms with Crippen molar-refractivity contribution >= 4 is 64.6 Å². The summed E-state index contributed by atoms with van der Waals surface area (Å²) in [5.74, 6) is 0. The molecule has 0 saturated heterocycles. The first kappa shape index (κ1) is 10.6. The largest absolute Gasteiger partial charge is 0.390 e. The smallest absolute Gasteiger partial charge is 0.373 e. The van der Waals surface area contributed by atoms with E-state index in [0.717, 1.165) is 0 Å². The SMILES string of the molecule is Cl[SiH](Cl)OCC(Cl)(Cl)Cl. The van der Waals surface area contributed by atoms with Crippen molar-refractivity contribution in [2.24, 2.45) is 0 Å². The van der Waals surface area contributed by atoms with Crippen molar-refractivity contribution in [3.8, 4) is 0 Å². The first-order valence-electron chi connectivity index (χ1n) is 1.88. The van der Waals surface area contributed by atoms with E-state index in [2.05, 4.69) is 4.43 Å². The highest BCUT2D eigenvalue weighted by Gasteiger charge is 2.21. The minimum atomic E-state index is -2.08. The Morgan fingerprint density at radius 1 is 1.22 bits per heavy atom. The highest BCUT2D eigenvalue weighted by molar-refractivity contribution is 7.30. The van der Waals surface area contributed by atoms with Crippen molar-refractivity contribution in [3.05, 3.63) is 0 Å². The van der Waals surface area contributed by atoms with E-state index in [-0.39, 0.29) is 6.61 Å². The predicted octanol–water partition coefficient (Wildman–Crippen LogP) is 2.57. The van der Waals surface area contributed by atoms with Gasteiger partial charge in [-0.15, -0.1) is 22.2 Å². The maximum absolute atomic E-state index is 5.29. The predicted molar refractivity (Wildman–Crippen MR) is 45.1 cm³/mol. The molecular formula is C2H3Cl5OSi. The van der Waals surface area contributed by atoms with Gasteiger partial charge in [-0.25, -0.2) is 0 Å². The molecule has 0 atom stereocenters. The summed E-state index contributed by atoms with van der Waals surface area (Å²) in [6, 6.07) is 0. The van der Waals surface area contributed by atoms with Crippen LogP contribution in [0.1, 0.15) is 0 Å². The van der Waals surface area contributed by atoms with Gasteiger partial charge in [-0.2, -0.15) is 0 Å². The van der Waals surface area contributed by atoms with Crippen LogP contribution in [-0.4, -0.2) is 18.1 Å². The van der Waals surface area contributed by atoms with E-state index in [1.165, 1.54) is 0 Å². The van der Waals surface area contributed by atoms with Crippen LogP contribution in [0.2, 0.25) is 0 Å². The molecule has 0 radical (unpaired) electrons. The quantitative estimate of drug-likeness (QED) is 0.414. The number of alkyl halides is 3. The van der Waals surface area contributed by atoms with Gasteiger partial charge in [-0.1, -0.05) is 34.8 Å². The van der Waals surface area contributed by atoms with E-state index in [9.17, 15) is 0 Å². The maximum atomic E-state index is 5.29. The first-order valence-corrected chi connectivity index (χ1v) is 6.98. The Hall–Kier alpha value is 1.63. The van der Waals surface area contributed by atoms with Gasteiger partial charge in [0, 0.05) is 0 Å². The number of rotatable bonds is 2. The summed E-state index contributed by atoms with van der Waals surface area (Å²) >= 11 is 26.4. The van der Waals surface area contributed by atoms with Gasteiger partial charge in [0.1, 0.15) is 0 Å². The van der Waals surface area contributed by atoms with E-state index in [1.807, 2.05) is 0 Å². The van der Waals surface area contributed by atoms with Gasteiger partial charge in [0.15, 0.2) is 0 Å². The zero-order valence-electron chi connectivity index (χ0n) is 4.08. The molecule has 0 aromatic carbocycles. The molecule has 9 heavy (non-hydrogen) atoms. The Morgan fingerprint density at radius 2 is 1.67 bits per heavy atom. The molecule has 0 rings (SSSR count). The minimum absolute atomic E-state index is 0.0540. The first-order chi connectivity index (χ1) is 3.92. The van der Waals surface area contributed by atoms with Gasteiger partial charge in [0.25, 0.3) is 0 Å². The van der Waals surface area contributed by atoms with Crippen molar-refractivity contribution in [1.82, 2.24) is 0 Å². The van der Waals surface area contributed by atoms with Gasteiger partial charge in [-0.05, 0) is 0 Å². The van der Waals surface area contributed by atoms with E-state index in [0.29, 0.717) is 0 Å². The number of halogens is 5. The van der Waals surface area contributed by atoms with E-state index >= 15 is 0 Å². The second-order valence-electron chi connectivity index (χ2n) is 1.19. The third kappa shape index (κ3) is 9.63. The summed E-state index contributed by atoms with van der Waals surface area (Å²) in [6.07, 6.45) is 0. The van der Waals surface area contributed by atoms with Gasteiger partial charge >= 0.3 is 7.66 Å². The average molecular weight is 248 g/mol. The highest BCUT2D eigenvalue weighted by atomic mass is 35.7. The molecule has 7 heteroatoms. The van der Waals surface area contributed by atoms with Crippen LogP contribution in [0.3, 0.4) is 0 Å². The molecule has 0 aliphatic carbocycles. The van der Waals surface area contributed by atoms with Crippen LogP contribution in [0.5, 0.6) is 0 Å². The highest BCUT2D eigenvalue weighted by Crippen LogP contribution is 2.26. The summed E-state index contributed by atoms with van der Waals surface area (Å²) in [6.45, 7) is -0.0540. The van der Waals surface area contributed by atoms with Crippen LogP contribution < -0.4 is 0 Å². The summed E-state index contributed by atoms with van der Waals surface area (Å²) in [5, 5.41) is 0. The number of hydrogen-bond donors (Lipinski definition) is 0. The van der Waals surface area contributed by atoms with Gasteiger partial charge in [-0.3, -0.25) is 0 Å². The second kappa shape index (κ2) is 4.49. The molecule has 0 aromatic rings. The standard InChI is InChI=1S/C2H3Cl5OSi/c3-2(4,5)1-8-9(6)7/h9H,1H2. The number of hydrogen-bond acceptors (Lipinski definition) is 1. The zero-order valence-corrected chi connectivity index (χ0v) is 9.02. The molecule has 1 nitrogen and oxygen atoms in total. The monoisotopic (exact) mass is 246 g/mol. The Morgan fingerprint density at radius 3 is 1.78 bits per heavy atom. The fourth-order valence-electron chi connectivity index (χ4n) is 0.157. The third-order valence-corrected chi connectivity index (χ3v) is 1.87. The molecule has 0 bridgehead atoms. The van der Waals surface area contributed by atoms with Crippen molar-refractivity contribution in [1.29, 1.82) is 0 Å². The van der Waals surface area contributed by atoms with Crippen LogP contribution in [0, 0.1) is 0 Å². The molecule has 0 N–H and O–H groups in total. The molecule has 0 saturated carbocycles. The Bertz CT molecular complexity index is 79.5. The van der Waals surface area contributed by atoms with Crippen molar-refractivity contribution in [2.75, 3.05) is 6.61 Å². The van der Waals surface area contributed by atoms with Crippen molar-refractivity contribution < 1.29 is 4.43 Å². The molecule has 0 aliphatic heterocycles. The molecule has 56 valence electrons. The molecule has 0 aliphatic rings. The minimum Gasteiger partial charge on any atom is -0.390 e. The third-order valence-electron chi connectivity index (χ3n) is 0.373. The zero-order chi connectivity index (χ0) is 7.49. The topological polar surface area (TPSA) is 9.23 Å². The Balaban J connectivity index is 3.28. The summed E-state index contributed by atoms with van der Waals surface area (Å²) in [4.78, 5) is 0. The van der Waals surface area contributed by atoms with Crippen molar-refractivity contribution in [3.63, 3.8) is 0 Å². The van der Waals surface area contributed by atoms with E-state index in [1.54, 1.807) is 0 Å². The van der Waals surface area contributed by atoms with Crippen LogP contribution in [0.25, 0.3) is 0 Å². The molecule has 0 aromatic heterocycles. The van der Waals surface area contributed by atoms with Crippen LogP contribution in [0.4, 0.5) is 0 Å². The van der Waals surface area contributed by atoms with E-state index < -0.39 is 11.5 Å². The lowest BCUT2D eigenvalue weighted by Crippen LogP contribution is -2.16. The van der Waals surface area contributed by atoms with Crippen LogP contribution in [-0.2, 0) is 4.43 Å². The lowest BCUT2D eigenvalue weighted by Gasteiger charge is -2.10. The lowest BCUT2D eigenvalue weighted by molar-refractivity contribution is 0.349. The Kier molecular flexibility index (Phi) is 5.31. The van der Waals surface area contributed by atoms with Crippen LogP contribution >= 0.6 is 57.0 Å². The van der Waals surface area contributed by atoms with Gasteiger partial charge in [0.05, 0.1) is 6.61 Å². The normalized spacial score (nSPS) is 12.7. The molecule has 0 unspecified atom stereocenters. The molecule has 0 amide bonds. The molecular weight excluding hydrogens is 245 g/mol. The second-order valence-corrected chi connectivity index (χ2v) is 7.61. The fraction of sp³-hybridized carbons (Fsp3) is 1.00. The van der Waals surface area contributed by atoms with Crippen molar-refractivity contribution in [2.45, 2.75) is 3.79 Å². The average Bonchev–Trinajstić information content (AvgIpc) is 1.59. The van der Waals surface area contributed by atoms with Gasteiger partial charge < -0.3 is 4.43 Å². The van der Waals surface area contributed by atoms with E-state index in [4.69, 9.17) is 57.0 Å². The molecule has 0 fully saturated rings.